The SMILES string of the molecule is CCC(C)NC1=C(Nc2cc(C#N)cc(C(=O)N(C)C)c2O)C(=O)C1. The lowest BCUT2D eigenvalue weighted by atomic mass is 9.97. The van der Waals surface area contributed by atoms with Crippen molar-refractivity contribution in [3.8, 4) is 11.8 Å². The Kier molecular flexibility index (Phi) is 5.32. The molecule has 0 radical (unpaired) electrons. The number of hydrogen-bond acceptors (Lipinski definition) is 6. The molecule has 0 fully saturated rings. The Bertz CT molecular complexity index is 790. The van der Waals surface area contributed by atoms with Crippen LogP contribution in [0.4, 0.5) is 5.69 Å². The van der Waals surface area contributed by atoms with E-state index in [0.717, 1.165) is 12.1 Å². The van der Waals surface area contributed by atoms with Gasteiger partial charge in [0, 0.05) is 25.8 Å². The smallest absolute Gasteiger partial charge is 0.257 e. The molecule has 1 aliphatic carbocycles. The van der Waals surface area contributed by atoms with Crippen molar-refractivity contribution in [3.05, 3.63) is 34.7 Å². The molecule has 0 saturated carbocycles. The topological polar surface area (TPSA) is 105 Å². The van der Waals surface area contributed by atoms with Gasteiger partial charge in [-0.15, -0.1) is 0 Å². The zero-order valence-electron chi connectivity index (χ0n) is 14.8. The number of phenols is 1. The van der Waals surface area contributed by atoms with E-state index in [-0.39, 0.29) is 34.4 Å². The average Bonchev–Trinajstić information content (AvgIpc) is 2.59. The quantitative estimate of drug-likeness (QED) is 0.683. The summed E-state index contributed by atoms with van der Waals surface area (Å²) in [5, 5.41) is 25.7. The minimum Gasteiger partial charge on any atom is -0.505 e. The van der Waals surface area contributed by atoms with E-state index in [0.29, 0.717) is 12.1 Å². The fourth-order valence-electron chi connectivity index (χ4n) is 2.40. The summed E-state index contributed by atoms with van der Waals surface area (Å²) in [6.07, 6.45) is 1.20. The van der Waals surface area contributed by atoms with E-state index in [1.807, 2.05) is 19.9 Å². The number of nitriles is 1. The van der Waals surface area contributed by atoms with Crippen molar-refractivity contribution in [3.63, 3.8) is 0 Å². The Morgan fingerprint density at radius 1 is 1.44 bits per heavy atom. The van der Waals surface area contributed by atoms with Crippen molar-refractivity contribution in [1.29, 1.82) is 5.26 Å². The first-order valence-electron chi connectivity index (χ1n) is 8.07. The molecular weight excluding hydrogens is 320 g/mol. The number of carbonyl (C=O) groups excluding carboxylic acids is 2. The Morgan fingerprint density at radius 3 is 2.64 bits per heavy atom. The van der Waals surface area contributed by atoms with Gasteiger partial charge in [0.25, 0.3) is 5.91 Å². The van der Waals surface area contributed by atoms with E-state index < -0.39 is 5.91 Å². The van der Waals surface area contributed by atoms with Crippen molar-refractivity contribution >= 4 is 17.4 Å². The number of nitrogens with zero attached hydrogens (tertiary/aromatic N) is 2. The van der Waals surface area contributed by atoms with Crippen LogP contribution in [0.1, 0.15) is 42.6 Å². The van der Waals surface area contributed by atoms with Crippen molar-refractivity contribution in [2.24, 2.45) is 0 Å². The van der Waals surface area contributed by atoms with Gasteiger partial charge in [-0.3, -0.25) is 9.59 Å². The van der Waals surface area contributed by atoms with E-state index in [9.17, 15) is 20.0 Å². The second-order valence-corrected chi connectivity index (χ2v) is 6.26. The number of benzene rings is 1. The summed E-state index contributed by atoms with van der Waals surface area (Å²) in [7, 11) is 3.11. The third kappa shape index (κ3) is 3.74. The van der Waals surface area contributed by atoms with Crippen LogP contribution in [0, 0.1) is 11.3 Å². The van der Waals surface area contributed by atoms with Gasteiger partial charge in [0.15, 0.2) is 11.5 Å². The fourth-order valence-corrected chi connectivity index (χ4v) is 2.40. The highest BCUT2D eigenvalue weighted by molar-refractivity contribution is 6.07. The van der Waals surface area contributed by atoms with Crippen LogP contribution in [0.3, 0.4) is 0 Å². The Labute approximate surface area is 146 Å². The van der Waals surface area contributed by atoms with Crippen LogP contribution in [0.5, 0.6) is 5.75 Å². The number of Topliss-reactive ketones (excluding diaryl/α,β-unsaturated/α-hetero) is 1. The molecule has 1 aromatic carbocycles. The van der Waals surface area contributed by atoms with E-state index in [1.54, 1.807) is 14.1 Å². The molecule has 0 bridgehead atoms. The summed E-state index contributed by atoms with van der Waals surface area (Å²) in [5.41, 5.74) is 1.51. The molecule has 0 saturated heterocycles. The molecule has 7 heteroatoms. The molecule has 1 atom stereocenters. The molecule has 1 unspecified atom stereocenters. The number of phenolic OH excluding ortho intramolecular Hbond substituents is 1. The van der Waals surface area contributed by atoms with Crippen molar-refractivity contribution in [2.45, 2.75) is 32.7 Å². The minimum atomic E-state index is -0.426. The van der Waals surface area contributed by atoms with E-state index in [4.69, 9.17) is 0 Å². The van der Waals surface area contributed by atoms with E-state index in [1.165, 1.54) is 17.0 Å². The number of rotatable bonds is 6. The molecule has 7 nitrogen and oxygen atoms in total. The number of hydrogen-bond donors (Lipinski definition) is 3. The van der Waals surface area contributed by atoms with Gasteiger partial charge in [-0.2, -0.15) is 5.26 Å². The van der Waals surface area contributed by atoms with Crippen LogP contribution in [-0.2, 0) is 4.79 Å². The van der Waals surface area contributed by atoms with Gasteiger partial charge in [-0.05, 0) is 25.5 Å². The Balaban J connectivity index is 2.41. The Morgan fingerprint density at radius 2 is 2.12 bits per heavy atom. The zero-order valence-corrected chi connectivity index (χ0v) is 14.8. The lowest BCUT2D eigenvalue weighted by molar-refractivity contribution is -0.116. The molecule has 25 heavy (non-hydrogen) atoms. The third-order valence-corrected chi connectivity index (χ3v) is 4.09. The molecule has 1 aliphatic rings. The maximum Gasteiger partial charge on any atom is 0.257 e. The van der Waals surface area contributed by atoms with Gasteiger partial charge >= 0.3 is 0 Å². The molecule has 0 heterocycles. The van der Waals surface area contributed by atoms with Crippen LogP contribution in [0.15, 0.2) is 23.5 Å². The number of carbonyl (C=O) groups is 2. The maximum absolute atomic E-state index is 12.2. The minimum absolute atomic E-state index is 0.00959. The first kappa shape index (κ1) is 18.3. The number of anilines is 1. The van der Waals surface area contributed by atoms with E-state index in [2.05, 4.69) is 10.6 Å². The molecule has 132 valence electrons. The van der Waals surface area contributed by atoms with E-state index >= 15 is 0 Å². The highest BCUT2D eigenvalue weighted by atomic mass is 16.3. The largest absolute Gasteiger partial charge is 0.505 e. The first-order chi connectivity index (χ1) is 11.8. The number of ketones is 1. The van der Waals surface area contributed by atoms with Crippen LogP contribution in [-0.4, -0.2) is 41.8 Å². The summed E-state index contributed by atoms with van der Waals surface area (Å²) >= 11 is 0. The molecule has 0 aromatic heterocycles. The summed E-state index contributed by atoms with van der Waals surface area (Å²) in [5.74, 6) is -0.801. The monoisotopic (exact) mass is 342 g/mol. The van der Waals surface area contributed by atoms with Crippen LogP contribution in [0.25, 0.3) is 0 Å². The fraction of sp³-hybridized carbons (Fsp3) is 0.389. The lowest BCUT2D eigenvalue weighted by Gasteiger charge is -2.27. The summed E-state index contributed by atoms with van der Waals surface area (Å²) in [6.45, 7) is 4.04. The predicted molar refractivity (Wildman–Crippen MR) is 94.0 cm³/mol. The van der Waals surface area contributed by atoms with Crippen LogP contribution >= 0.6 is 0 Å². The highest BCUT2D eigenvalue weighted by Crippen LogP contribution is 2.34. The molecule has 3 N–H and O–H groups in total. The van der Waals surface area contributed by atoms with Crippen molar-refractivity contribution < 1.29 is 14.7 Å². The molecule has 1 aromatic rings. The van der Waals surface area contributed by atoms with Crippen LogP contribution in [0.2, 0.25) is 0 Å². The molecule has 0 spiro atoms. The number of amides is 1. The molecule has 2 rings (SSSR count). The van der Waals surface area contributed by atoms with Gasteiger partial charge < -0.3 is 20.6 Å². The van der Waals surface area contributed by atoms with Crippen LogP contribution < -0.4 is 10.6 Å². The van der Waals surface area contributed by atoms with Crippen molar-refractivity contribution in [2.75, 3.05) is 19.4 Å². The maximum atomic E-state index is 12.2. The number of nitrogens with one attached hydrogen (secondary N) is 2. The highest BCUT2D eigenvalue weighted by Gasteiger charge is 2.29. The zero-order chi connectivity index (χ0) is 18.7. The first-order valence-corrected chi connectivity index (χ1v) is 8.07. The molecular formula is C18H22N4O3. The Hall–Kier alpha value is -3.01. The van der Waals surface area contributed by atoms with Gasteiger partial charge in [0.2, 0.25) is 0 Å². The second kappa shape index (κ2) is 7.26. The van der Waals surface area contributed by atoms with Crippen molar-refractivity contribution in [1.82, 2.24) is 10.2 Å². The third-order valence-electron chi connectivity index (χ3n) is 4.09. The second-order valence-electron chi connectivity index (χ2n) is 6.26. The predicted octanol–water partition coefficient (Wildman–Crippen LogP) is 1.95. The standard InChI is InChI=1S/C18H22N4O3/c1-5-10(2)20-13-8-15(23)16(13)21-14-7-11(9-19)6-12(17(14)24)18(25)22(3)4/h6-7,10,20-21,24H,5,8H2,1-4H3. The molecule has 0 aliphatic heterocycles. The van der Waals surface area contributed by atoms with Gasteiger partial charge in [-0.1, -0.05) is 6.92 Å². The summed E-state index contributed by atoms with van der Waals surface area (Å²) in [4.78, 5) is 25.4. The number of aromatic hydroxyl groups is 1. The van der Waals surface area contributed by atoms with Gasteiger partial charge in [0.05, 0.1) is 29.3 Å². The average molecular weight is 342 g/mol. The molecule has 1 amide bonds. The lowest BCUT2D eigenvalue weighted by Crippen LogP contribution is -2.36. The number of allylic oxidation sites excluding steroid dienone is 2. The van der Waals surface area contributed by atoms with Gasteiger partial charge in [-0.25, -0.2) is 0 Å². The summed E-state index contributed by atoms with van der Waals surface area (Å²) in [6, 6.07) is 4.93. The summed E-state index contributed by atoms with van der Waals surface area (Å²) < 4.78 is 0. The van der Waals surface area contributed by atoms with Gasteiger partial charge in [0.1, 0.15) is 5.70 Å². The normalized spacial score (nSPS) is 14.4.